The molecule has 0 aliphatic rings. The first kappa shape index (κ1) is 13.9. The van der Waals surface area contributed by atoms with Crippen LogP contribution in [-0.4, -0.2) is 0 Å². The highest BCUT2D eigenvalue weighted by Gasteiger charge is 2.34. The van der Waals surface area contributed by atoms with Gasteiger partial charge in [0.05, 0.1) is 5.56 Å². The Kier molecular flexibility index (Phi) is 3.79. The van der Waals surface area contributed by atoms with E-state index in [9.17, 15) is 22.0 Å². The second kappa shape index (κ2) is 4.63. The van der Waals surface area contributed by atoms with Gasteiger partial charge in [-0.2, -0.15) is 13.2 Å². The first-order valence-electron chi connectivity index (χ1n) is 5.18. The minimum atomic E-state index is -4.49. The smallest absolute Gasteiger partial charge is 0.201 e. The van der Waals surface area contributed by atoms with Crippen LogP contribution in [0.5, 0.6) is 0 Å². The highest BCUT2D eigenvalue weighted by atomic mass is 19.4. The number of hydrogen-bond acceptors (Lipinski definition) is 0. The van der Waals surface area contributed by atoms with Crippen molar-refractivity contribution in [1.29, 1.82) is 0 Å². The molecule has 0 radical (unpaired) electrons. The minimum Gasteiger partial charge on any atom is -0.201 e. The normalized spacial score (nSPS) is 13.2. The van der Waals surface area contributed by atoms with E-state index in [2.05, 4.69) is 0 Å². The zero-order valence-electron chi connectivity index (χ0n) is 9.48. The predicted octanol–water partition coefficient (Wildman–Crippen LogP) is 4.84. The SMILES string of the molecule is CC(C)CC(F)(F)c1ccc(C(F)(F)F)cc1. The van der Waals surface area contributed by atoms with Gasteiger partial charge in [0.25, 0.3) is 5.92 Å². The lowest BCUT2D eigenvalue weighted by atomic mass is 9.97. The molecule has 17 heavy (non-hydrogen) atoms. The molecule has 5 heteroatoms. The molecule has 0 amide bonds. The molecule has 0 N–H and O–H groups in total. The van der Waals surface area contributed by atoms with Crippen molar-refractivity contribution in [3.63, 3.8) is 0 Å². The third-order valence-corrected chi connectivity index (χ3v) is 2.30. The van der Waals surface area contributed by atoms with Gasteiger partial charge in [-0.15, -0.1) is 0 Å². The van der Waals surface area contributed by atoms with Crippen LogP contribution in [0.3, 0.4) is 0 Å². The lowest BCUT2D eigenvalue weighted by molar-refractivity contribution is -0.137. The Labute approximate surface area is 96.4 Å². The second-order valence-corrected chi connectivity index (χ2v) is 4.38. The Morgan fingerprint density at radius 1 is 0.882 bits per heavy atom. The molecule has 0 saturated heterocycles. The van der Waals surface area contributed by atoms with Gasteiger partial charge in [0, 0.05) is 12.0 Å². The van der Waals surface area contributed by atoms with Gasteiger partial charge >= 0.3 is 6.18 Å². The zero-order valence-corrected chi connectivity index (χ0v) is 9.48. The van der Waals surface area contributed by atoms with Gasteiger partial charge in [0.2, 0.25) is 0 Å². The Morgan fingerprint density at radius 2 is 1.29 bits per heavy atom. The summed E-state index contributed by atoms with van der Waals surface area (Å²) in [7, 11) is 0. The van der Waals surface area contributed by atoms with E-state index in [4.69, 9.17) is 0 Å². The number of benzene rings is 1. The van der Waals surface area contributed by atoms with E-state index in [1.807, 2.05) is 0 Å². The first-order chi connectivity index (χ1) is 7.63. The molecule has 0 nitrogen and oxygen atoms in total. The standard InChI is InChI=1S/C12H13F5/c1-8(2)7-11(13,14)9-3-5-10(6-4-9)12(15,16)17/h3-6,8H,7H2,1-2H3. The van der Waals surface area contributed by atoms with Crippen molar-refractivity contribution in [3.8, 4) is 0 Å². The van der Waals surface area contributed by atoms with E-state index >= 15 is 0 Å². The maximum Gasteiger partial charge on any atom is 0.416 e. The van der Waals surface area contributed by atoms with E-state index in [0.29, 0.717) is 12.1 Å². The summed E-state index contributed by atoms with van der Waals surface area (Å²) >= 11 is 0. The molecule has 0 aliphatic carbocycles. The van der Waals surface area contributed by atoms with Crippen molar-refractivity contribution < 1.29 is 22.0 Å². The summed E-state index contributed by atoms with van der Waals surface area (Å²) < 4.78 is 63.8. The van der Waals surface area contributed by atoms with E-state index in [-0.39, 0.29) is 17.9 Å². The molecule has 0 unspecified atom stereocenters. The third-order valence-electron chi connectivity index (χ3n) is 2.30. The zero-order chi connectivity index (χ0) is 13.3. The van der Waals surface area contributed by atoms with E-state index in [0.717, 1.165) is 12.1 Å². The lowest BCUT2D eigenvalue weighted by Crippen LogP contribution is -2.16. The summed E-state index contributed by atoms with van der Waals surface area (Å²) in [6, 6.07) is 3.05. The van der Waals surface area contributed by atoms with Gasteiger partial charge in [-0.3, -0.25) is 0 Å². The van der Waals surface area contributed by atoms with E-state index in [1.165, 1.54) is 0 Å². The number of hydrogen-bond donors (Lipinski definition) is 0. The molecule has 0 saturated carbocycles. The van der Waals surface area contributed by atoms with Crippen LogP contribution in [0, 0.1) is 5.92 Å². The predicted molar refractivity (Wildman–Crippen MR) is 54.8 cm³/mol. The third kappa shape index (κ3) is 3.68. The fraction of sp³-hybridized carbons (Fsp3) is 0.500. The van der Waals surface area contributed by atoms with Crippen LogP contribution >= 0.6 is 0 Å². The molecular weight excluding hydrogens is 239 g/mol. The summed E-state index contributed by atoms with van der Waals surface area (Å²) in [5.41, 5.74) is -1.29. The van der Waals surface area contributed by atoms with E-state index in [1.54, 1.807) is 13.8 Å². The number of halogens is 5. The first-order valence-corrected chi connectivity index (χ1v) is 5.18. The van der Waals surface area contributed by atoms with Crippen LogP contribution in [-0.2, 0) is 12.1 Å². The maximum absolute atomic E-state index is 13.6. The van der Waals surface area contributed by atoms with E-state index < -0.39 is 17.7 Å². The summed E-state index contributed by atoms with van der Waals surface area (Å²) in [5, 5.41) is 0. The van der Waals surface area contributed by atoms with Crippen LogP contribution < -0.4 is 0 Å². The van der Waals surface area contributed by atoms with Crippen molar-refractivity contribution in [1.82, 2.24) is 0 Å². The molecule has 0 aliphatic heterocycles. The Morgan fingerprint density at radius 3 is 1.65 bits per heavy atom. The van der Waals surface area contributed by atoms with Gasteiger partial charge < -0.3 is 0 Å². The average molecular weight is 252 g/mol. The van der Waals surface area contributed by atoms with Crippen LogP contribution in [0.25, 0.3) is 0 Å². The maximum atomic E-state index is 13.6. The fourth-order valence-electron chi connectivity index (χ4n) is 1.53. The molecule has 0 spiro atoms. The highest BCUT2D eigenvalue weighted by molar-refractivity contribution is 5.27. The molecule has 1 aromatic rings. The molecule has 0 atom stereocenters. The quantitative estimate of drug-likeness (QED) is 0.675. The van der Waals surface area contributed by atoms with Crippen LogP contribution in [0.2, 0.25) is 0 Å². The molecule has 0 aromatic heterocycles. The van der Waals surface area contributed by atoms with Crippen LogP contribution in [0.15, 0.2) is 24.3 Å². The van der Waals surface area contributed by atoms with Crippen molar-refractivity contribution in [2.75, 3.05) is 0 Å². The largest absolute Gasteiger partial charge is 0.416 e. The number of rotatable bonds is 3. The van der Waals surface area contributed by atoms with Crippen LogP contribution in [0.4, 0.5) is 22.0 Å². The highest BCUT2D eigenvalue weighted by Crippen LogP contribution is 2.36. The average Bonchev–Trinajstić information content (AvgIpc) is 2.14. The van der Waals surface area contributed by atoms with Crippen LogP contribution in [0.1, 0.15) is 31.4 Å². The van der Waals surface area contributed by atoms with Gasteiger partial charge in [-0.1, -0.05) is 26.0 Å². The Bertz CT molecular complexity index is 361. The number of alkyl halides is 5. The minimum absolute atomic E-state index is 0.229. The van der Waals surface area contributed by atoms with Gasteiger partial charge in [0.15, 0.2) is 0 Å². The summed E-state index contributed by atoms with van der Waals surface area (Å²) in [6.07, 6.45) is -4.87. The van der Waals surface area contributed by atoms with Crippen molar-refractivity contribution in [2.45, 2.75) is 32.4 Å². The molecule has 0 fully saturated rings. The topological polar surface area (TPSA) is 0 Å². The molecule has 1 aromatic carbocycles. The molecule has 96 valence electrons. The fourth-order valence-corrected chi connectivity index (χ4v) is 1.53. The summed E-state index contributed by atoms with van der Waals surface area (Å²) in [6.45, 7) is 3.27. The van der Waals surface area contributed by atoms with Crippen molar-refractivity contribution >= 4 is 0 Å². The Hall–Kier alpha value is -1.13. The molecule has 1 rings (SSSR count). The van der Waals surface area contributed by atoms with Gasteiger partial charge in [-0.05, 0) is 18.1 Å². The molecule has 0 heterocycles. The molecular formula is C12H13F5. The monoisotopic (exact) mass is 252 g/mol. The van der Waals surface area contributed by atoms with Gasteiger partial charge in [-0.25, -0.2) is 8.78 Å². The lowest BCUT2D eigenvalue weighted by Gasteiger charge is -2.19. The van der Waals surface area contributed by atoms with Crippen molar-refractivity contribution in [3.05, 3.63) is 35.4 Å². The summed E-state index contributed by atoms with van der Waals surface area (Å²) in [4.78, 5) is 0. The summed E-state index contributed by atoms with van der Waals surface area (Å²) in [5.74, 6) is -3.31. The Balaban J connectivity index is 2.94. The second-order valence-electron chi connectivity index (χ2n) is 4.38. The van der Waals surface area contributed by atoms with Crippen molar-refractivity contribution in [2.24, 2.45) is 5.92 Å². The molecule has 0 bridgehead atoms. The van der Waals surface area contributed by atoms with Gasteiger partial charge in [0.1, 0.15) is 0 Å².